The number of nitrogens with zero attached hydrogens (tertiary/aromatic N) is 3. The van der Waals surface area contributed by atoms with Crippen molar-refractivity contribution in [1.82, 2.24) is 20.2 Å². The van der Waals surface area contributed by atoms with Crippen LogP contribution in [0.3, 0.4) is 0 Å². The van der Waals surface area contributed by atoms with Gasteiger partial charge < -0.3 is 9.72 Å². The van der Waals surface area contributed by atoms with Crippen LogP contribution in [0.5, 0.6) is 0 Å². The Balaban J connectivity index is 1.96. The van der Waals surface area contributed by atoms with Gasteiger partial charge in [0.2, 0.25) is 0 Å². The Morgan fingerprint density at radius 2 is 2.19 bits per heavy atom. The summed E-state index contributed by atoms with van der Waals surface area (Å²) in [4.78, 5) is 18.7. The van der Waals surface area contributed by atoms with E-state index in [1.165, 1.54) is 6.07 Å². The second-order valence-electron chi connectivity index (χ2n) is 5.09. The summed E-state index contributed by atoms with van der Waals surface area (Å²) in [6.45, 7) is 3.23. The molecule has 2 N–H and O–H groups in total. The maximum atomic E-state index is 11.6. The van der Waals surface area contributed by atoms with Gasteiger partial charge in [0.15, 0.2) is 5.82 Å². The number of ether oxygens (including phenoxy) is 1. The summed E-state index contributed by atoms with van der Waals surface area (Å²) in [5.41, 5.74) is 0.990. The molecule has 0 amide bonds. The number of rotatable bonds is 2. The summed E-state index contributed by atoms with van der Waals surface area (Å²) < 4.78 is 5.34. The summed E-state index contributed by atoms with van der Waals surface area (Å²) in [6, 6.07) is 3.41. The van der Waals surface area contributed by atoms with Crippen molar-refractivity contribution in [3.8, 4) is 17.5 Å². The fourth-order valence-corrected chi connectivity index (χ4v) is 2.49. The number of aromatic amines is 2. The van der Waals surface area contributed by atoms with Gasteiger partial charge in [-0.3, -0.25) is 9.89 Å². The molecule has 0 saturated carbocycles. The minimum Gasteiger partial charge on any atom is -0.381 e. The number of H-pyrrole nitrogens is 2. The number of hydrogen-bond acceptors (Lipinski definition) is 5. The zero-order valence-electron chi connectivity index (χ0n) is 11.6. The molecule has 1 aliphatic rings. The van der Waals surface area contributed by atoms with Crippen LogP contribution in [0.4, 0.5) is 0 Å². The Kier molecular flexibility index (Phi) is 3.54. The van der Waals surface area contributed by atoms with Gasteiger partial charge in [0.1, 0.15) is 17.5 Å². The highest BCUT2D eigenvalue weighted by molar-refractivity contribution is 5.59. The first-order chi connectivity index (χ1) is 10.2. The van der Waals surface area contributed by atoms with Gasteiger partial charge in [-0.25, -0.2) is 4.98 Å². The normalized spacial score (nSPS) is 15.8. The highest BCUT2D eigenvalue weighted by Crippen LogP contribution is 2.26. The average Bonchev–Trinajstić information content (AvgIpc) is 2.98. The van der Waals surface area contributed by atoms with E-state index in [1.54, 1.807) is 6.92 Å². The van der Waals surface area contributed by atoms with Crippen molar-refractivity contribution >= 4 is 0 Å². The molecular formula is C14H15N5O2. The molecule has 0 aliphatic carbocycles. The number of nitriles is 1. The van der Waals surface area contributed by atoms with Gasteiger partial charge in [-0.1, -0.05) is 0 Å². The van der Waals surface area contributed by atoms with E-state index in [2.05, 4.69) is 20.2 Å². The fourth-order valence-electron chi connectivity index (χ4n) is 2.49. The van der Waals surface area contributed by atoms with Gasteiger partial charge >= 0.3 is 0 Å². The molecule has 0 aromatic carbocycles. The molecule has 0 unspecified atom stereocenters. The zero-order valence-corrected chi connectivity index (χ0v) is 11.6. The highest BCUT2D eigenvalue weighted by Gasteiger charge is 2.20. The van der Waals surface area contributed by atoms with Crippen LogP contribution in [0.25, 0.3) is 11.4 Å². The average molecular weight is 285 g/mol. The SMILES string of the molecule is Cc1[nH]c(=O)c(C#N)cc1-c1n[nH]c(C2CCOCC2)n1. The van der Waals surface area contributed by atoms with Crippen molar-refractivity contribution in [2.45, 2.75) is 25.7 Å². The van der Waals surface area contributed by atoms with E-state index in [-0.39, 0.29) is 11.1 Å². The summed E-state index contributed by atoms with van der Waals surface area (Å²) in [7, 11) is 0. The van der Waals surface area contributed by atoms with Crippen LogP contribution >= 0.6 is 0 Å². The van der Waals surface area contributed by atoms with Crippen molar-refractivity contribution in [3.05, 3.63) is 33.5 Å². The third-order valence-corrected chi connectivity index (χ3v) is 3.71. The first kappa shape index (κ1) is 13.5. The Hall–Kier alpha value is -2.46. The number of aryl methyl sites for hydroxylation is 1. The van der Waals surface area contributed by atoms with E-state index in [0.717, 1.165) is 31.9 Å². The molecule has 0 bridgehead atoms. The number of aromatic nitrogens is 4. The maximum absolute atomic E-state index is 11.6. The van der Waals surface area contributed by atoms with Crippen LogP contribution in [-0.2, 0) is 4.74 Å². The summed E-state index contributed by atoms with van der Waals surface area (Å²) in [5, 5.41) is 16.1. The Morgan fingerprint density at radius 1 is 1.43 bits per heavy atom. The second kappa shape index (κ2) is 5.50. The third kappa shape index (κ3) is 2.58. The van der Waals surface area contributed by atoms with Crippen LogP contribution in [-0.4, -0.2) is 33.4 Å². The predicted octanol–water partition coefficient (Wildman–Crippen LogP) is 1.23. The summed E-state index contributed by atoms with van der Waals surface area (Å²) in [6.07, 6.45) is 1.84. The molecule has 7 nitrogen and oxygen atoms in total. The van der Waals surface area contributed by atoms with Crippen molar-refractivity contribution < 1.29 is 4.74 Å². The molecule has 1 fully saturated rings. The van der Waals surface area contributed by atoms with Crippen molar-refractivity contribution in [2.24, 2.45) is 0 Å². The standard InChI is InChI=1S/C14H15N5O2/c1-8-11(6-10(7-15)14(20)16-8)13-17-12(18-19-13)9-2-4-21-5-3-9/h6,9H,2-5H2,1H3,(H,16,20)(H,17,18,19). The molecule has 3 heterocycles. The van der Waals surface area contributed by atoms with Crippen molar-refractivity contribution in [2.75, 3.05) is 13.2 Å². The second-order valence-corrected chi connectivity index (χ2v) is 5.09. The van der Waals surface area contributed by atoms with Gasteiger partial charge in [0.25, 0.3) is 5.56 Å². The van der Waals surface area contributed by atoms with E-state index in [1.807, 2.05) is 6.07 Å². The first-order valence-corrected chi connectivity index (χ1v) is 6.83. The molecule has 0 spiro atoms. The first-order valence-electron chi connectivity index (χ1n) is 6.83. The molecule has 1 aliphatic heterocycles. The minimum absolute atomic E-state index is 0.0630. The van der Waals surface area contributed by atoms with E-state index >= 15 is 0 Å². The van der Waals surface area contributed by atoms with Gasteiger partial charge in [-0.15, -0.1) is 0 Å². The maximum Gasteiger partial charge on any atom is 0.266 e. The van der Waals surface area contributed by atoms with Crippen LogP contribution < -0.4 is 5.56 Å². The molecule has 108 valence electrons. The number of nitrogens with one attached hydrogen (secondary N) is 2. The lowest BCUT2D eigenvalue weighted by atomic mass is 10.00. The molecule has 1 saturated heterocycles. The van der Waals surface area contributed by atoms with Crippen LogP contribution in [0.1, 0.15) is 35.8 Å². The molecule has 0 atom stereocenters. The zero-order chi connectivity index (χ0) is 14.8. The largest absolute Gasteiger partial charge is 0.381 e. The molecule has 21 heavy (non-hydrogen) atoms. The lowest BCUT2D eigenvalue weighted by Crippen LogP contribution is -2.15. The van der Waals surface area contributed by atoms with E-state index in [9.17, 15) is 4.79 Å². The fraction of sp³-hybridized carbons (Fsp3) is 0.429. The van der Waals surface area contributed by atoms with Crippen LogP contribution in [0, 0.1) is 18.3 Å². The van der Waals surface area contributed by atoms with Gasteiger partial charge in [-0.2, -0.15) is 10.4 Å². The van der Waals surface area contributed by atoms with Crippen LogP contribution in [0.15, 0.2) is 10.9 Å². The third-order valence-electron chi connectivity index (χ3n) is 3.71. The van der Waals surface area contributed by atoms with Crippen molar-refractivity contribution in [1.29, 1.82) is 5.26 Å². The minimum atomic E-state index is -0.390. The van der Waals surface area contributed by atoms with E-state index < -0.39 is 0 Å². The lowest BCUT2D eigenvalue weighted by molar-refractivity contribution is 0.0836. The molecule has 0 radical (unpaired) electrons. The molecule has 2 aromatic rings. The quantitative estimate of drug-likeness (QED) is 0.863. The molecule has 3 rings (SSSR count). The van der Waals surface area contributed by atoms with Gasteiger partial charge in [-0.05, 0) is 25.8 Å². The topological polar surface area (TPSA) is 107 Å². The Labute approximate surface area is 121 Å². The predicted molar refractivity (Wildman–Crippen MR) is 74.7 cm³/mol. The summed E-state index contributed by atoms with van der Waals surface area (Å²) >= 11 is 0. The lowest BCUT2D eigenvalue weighted by Gasteiger charge is -2.19. The molecule has 2 aromatic heterocycles. The van der Waals surface area contributed by atoms with Crippen LogP contribution in [0.2, 0.25) is 0 Å². The monoisotopic (exact) mass is 285 g/mol. The van der Waals surface area contributed by atoms with Crippen molar-refractivity contribution in [3.63, 3.8) is 0 Å². The molecular weight excluding hydrogens is 270 g/mol. The van der Waals surface area contributed by atoms with Gasteiger partial charge in [0.05, 0.1) is 0 Å². The Morgan fingerprint density at radius 3 is 2.90 bits per heavy atom. The van der Waals surface area contributed by atoms with E-state index in [4.69, 9.17) is 10.00 Å². The Bertz CT molecular complexity index is 749. The number of pyridine rings is 1. The molecule has 7 heteroatoms. The highest BCUT2D eigenvalue weighted by atomic mass is 16.5. The smallest absolute Gasteiger partial charge is 0.266 e. The number of hydrogen-bond donors (Lipinski definition) is 2. The van der Waals surface area contributed by atoms with E-state index in [0.29, 0.717) is 23.0 Å². The van der Waals surface area contributed by atoms with Gasteiger partial charge in [0, 0.05) is 30.4 Å². The summed E-state index contributed by atoms with van der Waals surface area (Å²) in [5.74, 6) is 1.65.